The molecule has 2 aromatic carbocycles. The van der Waals surface area contributed by atoms with Crippen LogP contribution in [0.15, 0.2) is 58.3 Å². The van der Waals surface area contributed by atoms with E-state index in [2.05, 4.69) is 4.72 Å². The van der Waals surface area contributed by atoms with Crippen molar-refractivity contribution >= 4 is 25.7 Å². The molecule has 1 heterocycles. The van der Waals surface area contributed by atoms with Gasteiger partial charge in [0.1, 0.15) is 5.75 Å². The molecule has 0 saturated carbocycles. The van der Waals surface area contributed by atoms with Crippen molar-refractivity contribution < 1.29 is 21.6 Å². The van der Waals surface area contributed by atoms with Gasteiger partial charge in [-0.3, -0.25) is 4.72 Å². The van der Waals surface area contributed by atoms with Gasteiger partial charge in [0.15, 0.2) is 0 Å². The maximum absolute atomic E-state index is 12.8. The molecule has 0 spiro atoms. The molecule has 1 unspecified atom stereocenters. The smallest absolute Gasteiger partial charge is 0.261 e. The van der Waals surface area contributed by atoms with Crippen LogP contribution < -0.4 is 9.46 Å². The van der Waals surface area contributed by atoms with Crippen LogP contribution >= 0.6 is 0 Å². The van der Waals surface area contributed by atoms with E-state index in [-0.39, 0.29) is 9.79 Å². The van der Waals surface area contributed by atoms with Gasteiger partial charge in [-0.25, -0.2) is 16.8 Å². The summed E-state index contributed by atoms with van der Waals surface area (Å²) in [5.41, 5.74) is 0.296. The SMILES string of the molecule is CCOc1ccc(S(=O)(=O)Nc2ccc(S(=O)(=O)N3CCCC(C)C3)cc2)cc1. The zero-order valence-corrected chi connectivity index (χ0v) is 18.2. The topological polar surface area (TPSA) is 92.8 Å². The lowest BCUT2D eigenvalue weighted by atomic mass is 10.0. The van der Waals surface area contributed by atoms with Crippen LogP contribution in [0.25, 0.3) is 0 Å². The fourth-order valence-electron chi connectivity index (χ4n) is 3.30. The maximum Gasteiger partial charge on any atom is 0.261 e. The molecule has 0 aliphatic carbocycles. The van der Waals surface area contributed by atoms with Crippen LogP contribution in [0.4, 0.5) is 5.69 Å². The summed E-state index contributed by atoms with van der Waals surface area (Å²) in [6.45, 7) is 5.41. The summed E-state index contributed by atoms with van der Waals surface area (Å²) in [7, 11) is -7.36. The number of hydrogen-bond donors (Lipinski definition) is 1. The second-order valence-electron chi connectivity index (χ2n) is 7.14. The van der Waals surface area contributed by atoms with E-state index in [0.717, 1.165) is 12.8 Å². The zero-order chi connectivity index (χ0) is 21.1. The molecule has 1 N–H and O–H groups in total. The second kappa shape index (κ2) is 8.73. The maximum atomic E-state index is 12.8. The number of anilines is 1. The number of benzene rings is 2. The Bertz CT molecular complexity index is 1030. The van der Waals surface area contributed by atoms with Crippen molar-refractivity contribution in [2.24, 2.45) is 5.92 Å². The highest BCUT2D eigenvalue weighted by molar-refractivity contribution is 7.92. The Morgan fingerprint density at radius 1 is 1.00 bits per heavy atom. The van der Waals surface area contributed by atoms with E-state index >= 15 is 0 Å². The fraction of sp³-hybridized carbons (Fsp3) is 0.400. The molecule has 7 nitrogen and oxygen atoms in total. The van der Waals surface area contributed by atoms with Crippen LogP contribution in [0.5, 0.6) is 5.75 Å². The van der Waals surface area contributed by atoms with Gasteiger partial charge in [0.05, 0.1) is 16.4 Å². The van der Waals surface area contributed by atoms with Gasteiger partial charge in [-0.15, -0.1) is 0 Å². The molecule has 0 radical (unpaired) electrons. The van der Waals surface area contributed by atoms with Gasteiger partial charge < -0.3 is 4.74 Å². The van der Waals surface area contributed by atoms with Crippen LogP contribution in [0.2, 0.25) is 0 Å². The number of sulfonamides is 2. The van der Waals surface area contributed by atoms with Gasteiger partial charge in [0, 0.05) is 18.8 Å². The van der Waals surface area contributed by atoms with E-state index < -0.39 is 20.0 Å². The third-order valence-corrected chi connectivity index (χ3v) is 8.09. The van der Waals surface area contributed by atoms with Crippen molar-refractivity contribution in [3.8, 4) is 5.75 Å². The molecule has 158 valence electrons. The predicted molar refractivity (Wildman–Crippen MR) is 112 cm³/mol. The van der Waals surface area contributed by atoms with Crippen molar-refractivity contribution in [1.82, 2.24) is 4.31 Å². The monoisotopic (exact) mass is 438 g/mol. The normalized spacial score (nSPS) is 18.3. The Labute approximate surface area is 172 Å². The number of hydrogen-bond acceptors (Lipinski definition) is 5. The van der Waals surface area contributed by atoms with Crippen molar-refractivity contribution in [3.05, 3.63) is 48.5 Å². The molecule has 1 aliphatic rings. The van der Waals surface area contributed by atoms with Gasteiger partial charge in [0.25, 0.3) is 10.0 Å². The van der Waals surface area contributed by atoms with Crippen molar-refractivity contribution in [2.75, 3.05) is 24.4 Å². The van der Waals surface area contributed by atoms with E-state index in [4.69, 9.17) is 4.74 Å². The van der Waals surface area contributed by atoms with Crippen molar-refractivity contribution in [3.63, 3.8) is 0 Å². The fourth-order valence-corrected chi connectivity index (χ4v) is 5.96. The molecule has 1 saturated heterocycles. The summed E-state index contributed by atoms with van der Waals surface area (Å²) in [4.78, 5) is 0.260. The first-order valence-corrected chi connectivity index (χ1v) is 12.5. The molecule has 0 bridgehead atoms. The summed E-state index contributed by atoms with van der Waals surface area (Å²) in [5, 5.41) is 0. The number of ether oxygens (including phenoxy) is 1. The average Bonchev–Trinajstić information content (AvgIpc) is 2.69. The molecule has 29 heavy (non-hydrogen) atoms. The average molecular weight is 439 g/mol. The van der Waals surface area contributed by atoms with Gasteiger partial charge >= 0.3 is 0 Å². The van der Waals surface area contributed by atoms with Gasteiger partial charge in [-0.05, 0) is 74.2 Å². The Balaban J connectivity index is 1.74. The quantitative estimate of drug-likeness (QED) is 0.716. The van der Waals surface area contributed by atoms with Crippen molar-refractivity contribution in [2.45, 2.75) is 36.5 Å². The third kappa shape index (κ3) is 5.09. The molecule has 0 aromatic heterocycles. The van der Waals surface area contributed by atoms with Gasteiger partial charge in [0.2, 0.25) is 10.0 Å². The predicted octanol–water partition coefficient (Wildman–Crippen LogP) is 3.31. The van der Waals surface area contributed by atoms with Gasteiger partial charge in [-0.2, -0.15) is 4.31 Å². The van der Waals surface area contributed by atoms with Crippen LogP contribution in [-0.2, 0) is 20.0 Å². The summed E-state index contributed by atoms with van der Waals surface area (Å²) < 4.78 is 60.0. The number of piperidine rings is 1. The Morgan fingerprint density at radius 2 is 1.62 bits per heavy atom. The minimum absolute atomic E-state index is 0.0972. The zero-order valence-electron chi connectivity index (χ0n) is 16.5. The third-order valence-electron chi connectivity index (χ3n) is 4.81. The van der Waals surface area contributed by atoms with Crippen LogP contribution in [0.3, 0.4) is 0 Å². The lowest BCUT2D eigenvalue weighted by molar-refractivity contribution is 0.281. The number of nitrogens with one attached hydrogen (secondary N) is 1. The molecule has 0 amide bonds. The highest BCUT2D eigenvalue weighted by Crippen LogP contribution is 2.25. The molecule has 2 aromatic rings. The summed E-state index contributed by atoms with van der Waals surface area (Å²) in [6.07, 6.45) is 1.87. The Morgan fingerprint density at radius 3 is 2.21 bits per heavy atom. The van der Waals surface area contributed by atoms with E-state index in [1.54, 1.807) is 12.1 Å². The first-order chi connectivity index (χ1) is 13.7. The van der Waals surface area contributed by atoms with Crippen LogP contribution in [0.1, 0.15) is 26.7 Å². The second-order valence-corrected chi connectivity index (χ2v) is 10.8. The highest BCUT2D eigenvalue weighted by Gasteiger charge is 2.28. The number of rotatable bonds is 7. The first-order valence-electron chi connectivity index (χ1n) is 9.58. The van der Waals surface area contributed by atoms with E-state index in [1.807, 2.05) is 13.8 Å². The standard InChI is InChI=1S/C20H26N2O5S2/c1-3-27-18-8-12-19(13-9-18)28(23,24)21-17-6-10-20(11-7-17)29(25,26)22-14-4-5-16(2)15-22/h6-13,16,21H,3-5,14-15H2,1-2H3. The van der Waals surface area contributed by atoms with Crippen molar-refractivity contribution in [1.29, 1.82) is 0 Å². The van der Waals surface area contributed by atoms with E-state index in [1.165, 1.54) is 40.7 Å². The largest absolute Gasteiger partial charge is 0.494 e. The molecule has 1 fully saturated rings. The minimum atomic E-state index is -3.79. The van der Waals surface area contributed by atoms with E-state index in [9.17, 15) is 16.8 Å². The molecule has 3 rings (SSSR count). The first kappa shape index (κ1) is 21.6. The molecular formula is C20H26N2O5S2. The van der Waals surface area contributed by atoms with E-state index in [0.29, 0.717) is 37.1 Å². The highest BCUT2D eigenvalue weighted by atomic mass is 32.2. The summed E-state index contributed by atoms with van der Waals surface area (Å²) in [5.74, 6) is 0.923. The van der Waals surface area contributed by atoms with Crippen LogP contribution in [0, 0.1) is 5.92 Å². The molecule has 9 heteroatoms. The minimum Gasteiger partial charge on any atom is -0.494 e. The summed E-state index contributed by atoms with van der Waals surface area (Å²) in [6, 6.07) is 11.9. The molecular weight excluding hydrogens is 412 g/mol. The lowest BCUT2D eigenvalue weighted by Crippen LogP contribution is -2.39. The molecule has 1 atom stereocenters. The number of nitrogens with zero attached hydrogens (tertiary/aromatic N) is 1. The molecule has 1 aliphatic heterocycles. The summed E-state index contributed by atoms with van der Waals surface area (Å²) >= 11 is 0. The van der Waals surface area contributed by atoms with Crippen LogP contribution in [-0.4, -0.2) is 40.8 Å². The Hall–Kier alpha value is -2.10. The van der Waals surface area contributed by atoms with Gasteiger partial charge in [-0.1, -0.05) is 6.92 Å². The lowest BCUT2D eigenvalue weighted by Gasteiger charge is -2.30. The Kier molecular flexibility index (Phi) is 6.50.